The minimum absolute atomic E-state index is 0.0251. The maximum atomic E-state index is 12.0. The predicted molar refractivity (Wildman–Crippen MR) is 82.6 cm³/mol. The van der Waals surface area contributed by atoms with E-state index in [0.29, 0.717) is 0 Å². The molecule has 0 bridgehead atoms. The molecule has 2 rings (SSSR count). The van der Waals surface area contributed by atoms with Gasteiger partial charge in [-0.25, -0.2) is 21.6 Å². The third-order valence-corrected chi connectivity index (χ3v) is 7.35. The molecule has 0 saturated carbocycles. The number of nitrogens with one attached hydrogen (secondary N) is 1. The Kier molecular flexibility index (Phi) is 4.40. The Balaban J connectivity index is 2.15. The number of hydrogen-bond acceptors (Lipinski definition) is 5. The molecule has 0 aromatic heterocycles. The van der Waals surface area contributed by atoms with Crippen LogP contribution in [0.2, 0.25) is 0 Å². The lowest BCUT2D eigenvalue weighted by Crippen LogP contribution is -2.39. The van der Waals surface area contributed by atoms with Gasteiger partial charge in [0.25, 0.3) is 5.91 Å². The van der Waals surface area contributed by atoms with Crippen molar-refractivity contribution in [2.45, 2.75) is 11.7 Å². The van der Waals surface area contributed by atoms with Gasteiger partial charge in [0.1, 0.15) is 0 Å². The van der Waals surface area contributed by atoms with Gasteiger partial charge >= 0.3 is 0 Å². The van der Waals surface area contributed by atoms with Crippen LogP contribution in [0.5, 0.6) is 0 Å². The smallest absolute Gasteiger partial charge is 0.264 e. The summed E-state index contributed by atoms with van der Waals surface area (Å²) in [6.45, 7) is 0. The Morgan fingerprint density at radius 3 is 2.60 bits per heavy atom. The maximum absolute atomic E-state index is 12.0. The summed E-state index contributed by atoms with van der Waals surface area (Å²) in [4.78, 5) is 11.9. The van der Waals surface area contributed by atoms with Crippen molar-refractivity contribution < 1.29 is 21.6 Å². The predicted octanol–water partition coefficient (Wildman–Crippen LogP) is 0.538. The molecule has 1 aromatic carbocycles. The molecular weight excluding hydrogens is 417 g/mol. The number of carbonyl (C=O) groups is 1. The van der Waals surface area contributed by atoms with Crippen molar-refractivity contribution in [2.24, 2.45) is 0 Å². The van der Waals surface area contributed by atoms with Crippen LogP contribution >= 0.6 is 22.6 Å². The SMILES string of the molecule is O=C(NS(=O)(=O)[C@@H]1CCS(=O)(=O)C1)c1cccc(I)c1. The number of carbonyl (C=O) groups excluding carboxylic acids is 1. The van der Waals surface area contributed by atoms with Gasteiger partial charge in [-0.3, -0.25) is 4.79 Å². The van der Waals surface area contributed by atoms with Crippen LogP contribution in [0, 0.1) is 3.57 Å². The number of hydrogen-bond donors (Lipinski definition) is 1. The fourth-order valence-electron chi connectivity index (χ4n) is 1.91. The van der Waals surface area contributed by atoms with Crippen molar-refractivity contribution in [3.63, 3.8) is 0 Å². The molecule has 1 amide bonds. The molecular formula is C11H12INO5S2. The summed E-state index contributed by atoms with van der Waals surface area (Å²) in [5, 5.41) is -1.06. The molecule has 1 aliphatic rings. The Morgan fingerprint density at radius 2 is 2.05 bits per heavy atom. The highest BCUT2D eigenvalue weighted by atomic mass is 127. The summed E-state index contributed by atoms with van der Waals surface area (Å²) in [5.74, 6) is -1.33. The van der Waals surface area contributed by atoms with Gasteiger partial charge in [0, 0.05) is 9.13 Å². The van der Waals surface area contributed by atoms with Crippen molar-refractivity contribution in [2.75, 3.05) is 11.5 Å². The van der Waals surface area contributed by atoms with E-state index in [0.717, 1.165) is 3.57 Å². The third-order valence-electron chi connectivity index (χ3n) is 2.95. The van der Waals surface area contributed by atoms with Gasteiger partial charge in [-0.05, 0) is 47.2 Å². The molecule has 0 aliphatic carbocycles. The second-order valence-electron chi connectivity index (χ2n) is 4.51. The van der Waals surface area contributed by atoms with Crippen LogP contribution < -0.4 is 4.72 Å². The molecule has 1 saturated heterocycles. The molecule has 0 radical (unpaired) electrons. The average molecular weight is 429 g/mol. The van der Waals surface area contributed by atoms with Gasteiger partial charge in [-0.15, -0.1) is 0 Å². The Labute approximate surface area is 131 Å². The maximum Gasteiger partial charge on any atom is 0.264 e. The number of halogens is 1. The van der Waals surface area contributed by atoms with E-state index in [-0.39, 0.29) is 17.7 Å². The minimum atomic E-state index is -3.97. The highest BCUT2D eigenvalue weighted by Gasteiger charge is 2.38. The topological polar surface area (TPSA) is 97.4 Å². The van der Waals surface area contributed by atoms with E-state index in [4.69, 9.17) is 0 Å². The summed E-state index contributed by atoms with van der Waals surface area (Å²) in [7, 11) is -7.29. The molecule has 1 heterocycles. The fraction of sp³-hybridized carbons (Fsp3) is 0.364. The monoisotopic (exact) mass is 429 g/mol. The van der Waals surface area contributed by atoms with Crippen LogP contribution in [-0.4, -0.2) is 39.5 Å². The van der Waals surface area contributed by atoms with Crippen molar-refractivity contribution in [3.8, 4) is 0 Å². The van der Waals surface area contributed by atoms with Crippen LogP contribution in [0.15, 0.2) is 24.3 Å². The normalized spacial score (nSPS) is 21.6. The highest BCUT2D eigenvalue weighted by Crippen LogP contribution is 2.18. The molecule has 20 heavy (non-hydrogen) atoms. The van der Waals surface area contributed by atoms with Crippen LogP contribution in [0.4, 0.5) is 0 Å². The van der Waals surface area contributed by atoms with E-state index >= 15 is 0 Å². The zero-order valence-corrected chi connectivity index (χ0v) is 14.0. The first-order valence-electron chi connectivity index (χ1n) is 5.71. The number of sulfonamides is 1. The van der Waals surface area contributed by atoms with Crippen LogP contribution in [0.3, 0.4) is 0 Å². The van der Waals surface area contributed by atoms with Gasteiger partial charge in [0.05, 0.1) is 16.8 Å². The summed E-state index contributed by atoms with van der Waals surface area (Å²) in [5.41, 5.74) is 0.223. The van der Waals surface area contributed by atoms with Crippen molar-refractivity contribution >= 4 is 48.4 Å². The zero-order valence-electron chi connectivity index (χ0n) is 10.2. The molecule has 110 valence electrons. The number of benzene rings is 1. The second-order valence-corrected chi connectivity index (χ2v) is 9.95. The Hall–Kier alpha value is -0.680. The van der Waals surface area contributed by atoms with Gasteiger partial charge in [-0.1, -0.05) is 6.07 Å². The molecule has 1 N–H and O–H groups in total. The van der Waals surface area contributed by atoms with Crippen LogP contribution in [0.25, 0.3) is 0 Å². The summed E-state index contributed by atoms with van der Waals surface area (Å²) in [6.07, 6.45) is 0.0251. The number of rotatable bonds is 3. The summed E-state index contributed by atoms with van der Waals surface area (Å²) in [6, 6.07) is 6.47. The molecule has 9 heteroatoms. The molecule has 1 aromatic rings. The van der Waals surface area contributed by atoms with Gasteiger partial charge in [0.15, 0.2) is 9.84 Å². The summed E-state index contributed by atoms with van der Waals surface area (Å²) < 4.78 is 49.3. The second kappa shape index (κ2) is 5.60. The van der Waals surface area contributed by atoms with Crippen LogP contribution in [-0.2, 0) is 19.9 Å². The van der Waals surface area contributed by atoms with Gasteiger partial charge in [-0.2, -0.15) is 0 Å². The van der Waals surface area contributed by atoms with E-state index in [1.54, 1.807) is 18.2 Å². The van der Waals surface area contributed by atoms with E-state index in [1.165, 1.54) is 6.07 Å². The van der Waals surface area contributed by atoms with E-state index in [9.17, 15) is 21.6 Å². The Morgan fingerprint density at radius 1 is 1.35 bits per heavy atom. The fourth-order valence-corrected chi connectivity index (χ4v) is 6.45. The molecule has 6 nitrogen and oxygen atoms in total. The van der Waals surface area contributed by atoms with Crippen molar-refractivity contribution in [1.29, 1.82) is 0 Å². The quantitative estimate of drug-likeness (QED) is 0.708. The third kappa shape index (κ3) is 3.70. The molecule has 0 spiro atoms. The molecule has 1 fully saturated rings. The molecule has 0 unspecified atom stereocenters. The molecule has 1 atom stereocenters. The van der Waals surface area contributed by atoms with Crippen molar-refractivity contribution in [3.05, 3.63) is 33.4 Å². The number of sulfone groups is 1. The zero-order chi connectivity index (χ0) is 15.0. The number of amides is 1. The average Bonchev–Trinajstić information content (AvgIpc) is 2.70. The van der Waals surface area contributed by atoms with Crippen molar-refractivity contribution in [1.82, 2.24) is 4.72 Å². The van der Waals surface area contributed by atoms with Gasteiger partial charge in [0.2, 0.25) is 10.0 Å². The lowest BCUT2D eigenvalue weighted by molar-refractivity contribution is 0.0981. The minimum Gasteiger partial charge on any atom is -0.268 e. The largest absolute Gasteiger partial charge is 0.268 e. The first kappa shape index (κ1) is 15.7. The van der Waals surface area contributed by atoms with E-state index in [1.807, 2.05) is 27.3 Å². The van der Waals surface area contributed by atoms with E-state index < -0.39 is 36.8 Å². The molecule has 1 aliphatic heterocycles. The Bertz CT molecular complexity index is 742. The van der Waals surface area contributed by atoms with E-state index in [2.05, 4.69) is 0 Å². The van der Waals surface area contributed by atoms with Crippen LogP contribution in [0.1, 0.15) is 16.8 Å². The summed E-state index contributed by atoms with van der Waals surface area (Å²) >= 11 is 2.01. The first-order chi connectivity index (χ1) is 9.20. The lowest BCUT2D eigenvalue weighted by Gasteiger charge is -2.11. The highest BCUT2D eigenvalue weighted by molar-refractivity contribution is 14.1. The lowest BCUT2D eigenvalue weighted by atomic mass is 10.2. The standard InChI is InChI=1S/C11H12INO5S2/c12-9-3-1-2-8(6-9)11(14)13-20(17,18)10-4-5-19(15,16)7-10/h1-3,6,10H,4-5,7H2,(H,13,14)/t10-/m1/s1. The first-order valence-corrected chi connectivity index (χ1v) is 10.2. The van der Waals surface area contributed by atoms with Gasteiger partial charge < -0.3 is 0 Å².